The van der Waals surface area contributed by atoms with Gasteiger partial charge >= 0.3 is 0 Å². The van der Waals surface area contributed by atoms with Crippen LogP contribution in [0.15, 0.2) is 0 Å². The minimum absolute atomic E-state index is 0.296. The summed E-state index contributed by atoms with van der Waals surface area (Å²) in [5, 5.41) is 1.06. The molecule has 1 heterocycles. The first kappa shape index (κ1) is 14.5. The zero-order valence-corrected chi connectivity index (χ0v) is 13.1. The van der Waals surface area contributed by atoms with Gasteiger partial charge in [0.25, 0.3) is 0 Å². The molecular formula is C15H24N2OS. The van der Waals surface area contributed by atoms with Crippen molar-refractivity contribution >= 4 is 22.3 Å². The van der Waals surface area contributed by atoms with Gasteiger partial charge in [0.05, 0.1) is 10.6 Å². The number of hydrogen-bond donors (Lipinski definition) is 0. The second-order valence-corrected chi connectivity index (χ2v) is 6.33. The van der Waals surface area contributed by atoms with Crippen LogP contribution in [0, 0.1) is 0 Å². The summed E-state index contributed by atoms with van der Waals surface area (Å²) in [5.74, 6) is 0.296. The molecule has 0 saturated heterocycles. The Morgan fingerprint density at radius 1 is 1.37 bits per heavy atom. The summed E-state index contributed by atoms with van der Waals surface area (Å²) in [6, 6.07) is 0.495. The third-order valence-corrected chi connectivity index (χ3v) is 5.05. The van der Waals surface area contributed by atoms with E-state index in [2.05, 4.69) is 25.7 Å². The molecule has 1 atom stereocenters. The van der Waals surface area contributed by atoms with Crippen molar-refractivity contribution in [1.29, 1.82) is 0 Å². The molecule has 2 rings (SSSR count). The van der Waals surface area contributed by atoms with Crippen molar-refractivity contribution in [2.24, 2.45) is 0 Å². The van der Waals surface area contributed by atoms with Crippen molar-refractivity contribution in [3.05, 3.63) is 10.6 Å². The predicted octanol–water partition coefficient (Wildman–Crippen LogP) is 4.07. The van der Waals surface area contributed by atoms with Gasteiger partial charge in [-0.15, -0.1) is 0 Å². The number of aryl methyl sites for hydroxylation is 1. The standard InChI is InChI=1S/C15H24N2OS/c1-4-6-10-17(11(3)5-2)15-16-12-8-7-9-13(18)14(12)19-15/h11H,4-10H2,1-3H3. The van der Waals surface area contributed by atoms with Gasteiger partial charge in [-0.3, -0.25) is 4.79 Å². The molecule has 1 aromatic heterocycles. The topological polar surface area (TPSA) is 33.2 Å². The van der Waals surface area contributed by atoms with Gasteiger partial charge in [0.2, 0.25) is 0 Å². The van der Waals surface area contributed by atoms with Crippen molar-refractivity contribution in [1.82, 2.24) is 4.98 Å². The number of thiazole rings is 1. The van der Waals surface area contributed by atoms with E-state index in [-0.39, 0.29) is 0 Å². The molecule has 0 bridgehead atoms. The maximum atomic E-state index is 11.9. The normalized spacial score (nSPS) is 16.3. The van der Waals surface area contributed by atoms with Crippen LogP contribution in [-0.2, 0) is 6.42 Å². The van der Waals surface area contributed by atoms with Crippen molar-refractivity contribution in [2.45, 2.75) is 65.3 Å². The number of ketones is 1. The number of rotatable bonds is 6. The van der Waals surface area contributed by atoms with Gasteiger partial charge in [-0.1, -0.05) is 31.6 Å². The van der Waals surface area contributed by atoms with Crippen LogP contribution in [0.2, 0.25) is 0 Å². The highest BCUT2D eigenvalue weighted by molar-refractivity contribution is 7.17. The van der Waals surface area contributed by atoms with Crippen molar-refractivity contribution in [2.75, 3.05) is 11.4 Å². The summed E-state index contributed by atoms with van der Waals surface area (Å²) in [6.45, 7) is 7.72. The average molecular weight is 280 g/mol. The zero-order valence-electron chi connectivity index (χ0n) is 12.2. The van der Waals surface area contributed by atoms with E-state index >= 15 is 0 Å². The molecule has 19 heavy (non-hydrogen) atoms. The van der Waals surface area contributed by atoms with E-state index in [0.29, 0.717) is 18.2 Å². The smallest absolute Gasteiger partial charge is 0.186 e. The van der Waals surface area contributed by atoms with Crippen LogP contribution in [0.1, 0.15) is 68.2 Å². The number of nitrogens with zero attached hydrogens (tertiary/aromatic N) is 2. The van der Waals surface area contributed by atoms with E-state index in [4.69, 9.17) is 4.98 Å². The number of anilines is 1. The SMILES string of the molecule is CCCCN(c1nc2c(s1)C(=O)CCC2)C(C)CC. The Morgan fingerprint density at radius 3 is 2.79 bits per heavy atom. The first-order chi connectivity index (χ1) is 9.17. The van der Waals surface area contributed by atoms with E-state index in [1.807, 2.05) is 0 Å². The molecule has 1 aliphatic carbocycles. The molecule has 0 fully saturated rings. The minimum Gasteiger partial charge on any atom is -0.345 e. The van der Waals surface area contributed by atoms with Gasteiger partial charge in [-0.2, -0.15) is 0 Å². The highest BCUT2D eigenvalue weighted by Gasteiger charge is 2.25. The summed E-state index contributed by atoms with van der Waals surface area (Å²) >= 11 is 1.61. The number of aromatic nitrogens is 1. The van der Waals surface area contributed by atoms with Gasteiger partial charge in [0.15, 0.2) is 10.9 Å². The number of Topliss-reactive ketones (excluding diaryl/α,β-unsaturated/α-hetero) is 1. The lowest BCUT2D eigenvalue weighted by molar-refractivity contribution is 0.0976. The number of fused-ring (bicyclic) bond motifs is 1. The molecular weight excluding hydrogens is 256 g/mol. The molecule has 1 aromatic rings. The van der Waals surface area contributed by atoms with Crippen molar-refractivity contribution in [3.63, 3.8) is 0 Å². The molecule has 3 nitrogen and oxygen atoms in total. The third-order valence-electron chi connectivity index (χ3n) is 3.88. The summed E-state index contributed by atoms with van der Waals surface area (Å²) in [4.78, 5) is 20.0. The second-order valence-electron chi connectivity index (χ2n) is 5.35. The highest BCUT2D eigenvalue weighted by atomic mass is 32.1. The Morgan fingerprint density at radius 2 is 2.16 bits per heavy atom. The molecule has 0 aliphatic heterocycles. The lowest BCUT2D eigenvalue weighted by Gasteiger charge is -2.28. The predicted molar refractivity (Wildman–Crippen MR) is 81.4 cm³/mol. The number of hydrogen-bond acceptors (Lipinski definition) is 4. The van der Waals surface area contributed by atoms with Crippen LogP contribution >= 0.6 is 11.3 Å². The van der Waals surface area contributed by atoms with Crippen LogP contribution in [0.3, 0.4) is 0 Å². The maximum Gasteiger partial charge on any atom is 0.186 e. The van der Waals surface area contributed by atoms with Gasteiger partial charge in [-0.05, 0) is 32.6 Å². The van der Waals surface area contributed by atoms with Gasteiger partial charge in [-0.25, -0.2) is 4.98 Å². The fraction of sp³-hybridized carbons (Fsp3) is 0.733. The Balaban J connectivity index is 2.23. The zero-order chi connectivity index (χ0) is 13.8. The van der Waals surface area contributed by atoms with E-state index in [0.717, 1.165) is 41.5 Å². The van der Waals surface area contributed by atoms with Crippen LogP contribution in [-0.4, -0.2) is 23.4 Å². The number of carbonyl (C=O) groups excluding carboxylic acids is 1. The van der Waals surface area contributed by atoms with Gasteiger partial charge in [0.1, 0.15) is 0 Å². The summed E-state index contributed by atoms with van der Waals surface area (Å²) < 4.78 is 0. The first-order valence-corrected chi connectivity index (χ1v) is 8.28. The molecule has 0 aromatic carbocycles. The fourth-order valence-electron chi connectivity index (χ4n) is 2.43. The lowest BCUT2D eigenvalue weighted by atomic mass is 10.0. The molecule has 0 spiro atoms. The Bertz CT molecular complexity index is 441. The Hall–Kier alpha value is -0.900. The lowest BCUT2D eigenvalue weighted by Crippen LogP contribution is -2.33. The van der Waals surface area contributed by atoms with Gasteiger partial charge in [0, 0.05) is 19.0 Å². The van der Waals surface area contributed by atoms with E-state index < -0.39 is 0 Å². The van der Waals surface area contributed by atoms with E-state index in [1.165, 1.54) is 12.8 Å². The average Bonchev–Trinajstić information content (AvgIpc) is 2.84. The first-order valence-electron chi connectivity index (χ1n) is 7.46. The number of unbranched alkanes of at least 4 members (excludes halogenated alkanes) is 1. The van der Waals surface area contributed by atoms with E-state index in [9.17, 15) is 4.79 Å². The van der Waals surface area contributed by atoms with E-state index in [1.54, 1.807) is 11.3 Å². The van der Waals surface area contributed by atoms with Crippen LogP contribution in [0.4, 0.5) is 5.13 Å². The van der Waals surface area contributed by atoms with Crippen LogP contribution in [0.25, 0.3) is 0 Å². The third kappa shape index (κ3) is 3.16. The van der Waals surface area contributed by atoms with Crippen LogP contribution in [0.5, 0.6) is 0 Å². The molecule has 0 radical (unpaired) electrons. The summed E-state index contributed by atoms with van der Waals surface area (Å²) in [6.07, 6.45) is 6.13. The molecule has 0 N–H and O–H groups in total. The molecule has 0 amide bonds. The molecule has 0 saturated carbocycles. The Kier molecular flexibility index (Phi) is 4.97. The summed E-state index contributed by atoms with van der Waals surface area (Å²) in [5.41, 5.74) is 1.04. The molecule has 106 valence electrons. The van der Waals surface area contributed by atoms with Crippen molar-refractivity contribution in [3.8, 4) is 0 Å². The number of carbonyl (C=O) groups is 1. The largest absolute Gasteiger partial charge is 0.345 e. The second kappa shape index (κ2) is 6.51. The monoisotopic (exact) mass is 280 g/mol. The molecule has 4 heteroatoms. The van der Waals surface area contributed by atoms with Crippen LogP contribution < -0.4 is 4.90 Å². The van der Waals surface area contributed by atoms with Gasteiger partial charge < -0.3 is 4.90 Å². The highest BCUT2D eigenvalue weighted by Crippen LogP contribution is 2.33. The summed E-state index contributed by atoms with van der Waals surface area (Å²) in [7, 11) is 0. The fourth-order valence-corrected chi connectivity index (χ4v) is 3.64. The molecule has 1 unspecified atom stereocenters. The van der Waals surface area contributed by atoms with Crippen molar-refractivity contribution < 1.29 is 4.79 Å². The minimum atomic E-state index is 0.296. The maximum absolute atomic E-state index is 11.9. The molecule has 1 aliphatic rings. The quantitative estimate of drug-likeness (QED) is 0.787. The Labute approximate surface area is 120 Å².